The number of piperidine rings is 1. The maximum absolute atomic E-state index is 14.1. The van der Waals surface area contributed by atoms with Crippen LogP contribution in [0.5, 0.6) is 0 Å². The molecule has 0 saturated carbocycles. The summed E-state index contributed by atoms with van der Waals surface area (Å²) in [7, 11) is 0. The van der Waals surface area contributed by atoms with Gasteiger partial charge in [-0.1, -0.05) is 60.7 Å². The van der Waals surface area contributed by atoms with Crippen LogP contribution in [0.25, 0.3) is 0 Å². The molecule has 16 heteroatoms. The first-order chi connectivity index (χ1) is 26.4. The summed E-state index contributed by atoms with van der Waals surface area (Å²) in [5, 5.41) is 29.8. The zero-order valence-electron chi connectivity index (χ0n) is 30.5. The first-order valence-electron chi connectivity index (χ1n) is 18.7. The molecule has 6 N–H and O–H groups in total. The molecule has 5 rings (SSSR count). The van der Waals surface area contributed by atoms with Gasteiger partial charge in [0.2, 0.25) is 35.4 Å². The van der Waals surface area contributed by atoms with Gasteiger partial charge in [0.25, 0.3) is 0 Å². The minimum absolute atomic E-state index is 0.0687. The van der Waals surface area contributed by atoms with Crippen LogP contribution in [0.4, 0.5) is 0 Å². The van der Waals surface area contributed by atoms with Crippen molar-refractivity contribution < 1.29 is 48.6 Å². The Morgan fingerprint density at radius 2 is 1.18 bits per heavy atom. The largest absolute Gasteiger partial charge is 0.480 e. The van der Waals surface area contributed by atoms with E-state index in [1.54, 1.807) is 35.2 Å². The van der Waals surface area contributed by atoms with E-state index in [1.165, 1.54) is 10.5 Å². The fourth-order valence-electron chi connectivity index (χ4n) is 7.41. The zero-order valence-corrected chi connectivity index (χ0v) is 30.5. The molecule has 3 heterocycles. The third kappa shape index (κ3) is 11.4. The Hall–Kier alpha value is -5.80. The number of benzene rings is 2. The number of carboxylic acid groups (broad SMARTS) is 2. The number of aliphatic carboxylic acids is 2. The van der Waals surface area contributed by atoms with Gasteiger partial charge in [0.05, 0.1) is 12.8 Å². The van der Waals surface area contributed by atoms with Crippen LogP contribution >= 0.6 is 0 Å². The highest BCUT2D eigenvalue weighted by atomic mass is 16.4. The van der Waals surface area contributed by atoms with Gasteiger partial charge in [0.15, 0.2) is 0 Å². The second kappa shape index (κ2) is 19.0. The van der Waals surface area contributed by atoms with Crippen LogP contribution in [0.3, 0.4) is 0 Å². The third-order valence-electron chi connectivity index (χ3n) is 10.4. The number of likely N-dealkylation sites (tertiary alicyclic amines) is 1. The van der Waals surface area contributed by atoms with Gasteiger partial charge in [-0.25, -0.2) is 9.59 Å². The number of carbonyl (C=O) groups is 8. The highest BCUT2D eigenvalue weighted by Gasteiger charge is 2.38. The minimum atomic E-state index is -1.70. The van der Waals surface area contributed by atoms with Gasteiger partial charge < -0.3 is 41.3 Å². The number of carboxylic acids is 2. The molecule has 294 valence electrons. The molecule has 0 radical (unpaired) electrons. The van der Waals surface area contributed by atoms with Crippen LogP contribution in [0.1, 0.15) is 62.5 Å². The lowest BCUT2D eigenvalue weighted by atomic mass is 9.90. The number of nitrogens with one attached hydrogen (secondary N) is 4. The van der Waals surface area contributed by atoms with E-state index < -0.39 is 90.4 Å². The Morgan fingerprint density at radius 1 is 0.618 bits per heavy atom. The standard InChI is InChI=1S/C39H48N6O10/c46-32-22-29(37(51)44-18-15-26(16-19-44)20-24-8-3-1-4-9-24)42-35(49)28(21-25-10-5-2-6-11-25)41-33(47)23-30(39(54)55)43-36(50)31-12-7-17-45(31)34(48)14-13-27(40-32)38(52)53/h1-6,8-11,26-31H,7,12-23H2,(H,40,46)(H,41,47)(H,42,49)(H,43,50)(H,52,53)(H,54,55)/t27-,28-,29-,30-,31+/m1/s1. The van der Waals surface area contributed by atoms with Gasteiger partial charge in [0, 0.05) is 32.5 Å². The van der Waals surface area contributed by atoms with E-state index in [-0.39, 0.29) is 32.2 Å². The van der Waals surface area contributed by atoms with Crippen molar-refractivity contribution in [3.05, 3.63) is 71.8 Å². The van der Waals surface area contributed by atoms with Crippen molar-refractivity contribution in [1.29, 1.82) is 0 Å². The fourth-order valence-corrected chi connectivity index (χ4v) is 7.41. The number of amides is 6. The molecular formula is C39H48N6O10. The Morgan fingerprint density at radius 3 is 1.80 bits per heavy atom. The minimum Gasteiger partial charge on any atom is -0.480 e. The van der Waals surface area contributed by atoms with E-state index >= 15 is 0 Å². The first kappa shape index (κ1) is 40.4. The third-order valence-corrected chi connectivity index (χ3v) is 10.4. The smallest absolute Gasteiger partial charge is 0.326 e. The van der Waals surface area contributed by atoms with Gasteiger partial charge in [0.1, 0.15) is 30.2 Å². The lowest BCUT2D eigenvalue weighted by Crippen LogP contribution is -2.57. The molecule has 0 aliphatic carbocycles. The summed E-state index contributed by atoms with van der Waals surface area (Å²) in [6, 6.07) is 11.5. The van der Waals surface area contributed by atoms with Crippen molar-refractivity contribution in [3.8, 4) is 0 Å². The fraction of sp³-hybridized carbons (Fsp3) is 0.487. The molecule has 5 atom stereocenters. The van der Waals surface area contributed by atoms with Gasteiger partial charge in [-0.3, -0.25) is 28.8 Å². The normalized spacial score (nSPS) is 25.2. The Kier molecular flexibility index (Phi) is 13.9. The second-order valence-electron chi connectivity index (χ2n) is 14.4. The summed E-state index contributed by atoms with van der Waals surface area (Å²) in [6.07, 6.45) is 0.686. The van der Waals surface area contributed by atoms with Gasteiger partial charge >= 0.3 is 11.9 Å². The molecule has 16 nitrogen and oxygen atoms in total. The summed E-state index contributed by atoms with van der Waals surface area (Å²) in [6.45, 7) is 0.879. The Labute approximate surface area is 318 Å². The molecule has 0 spiro atoms. The highest BCUT2D eigenvalue weighted by molar-refractivity contribution is 5.97. The molecule has 3 aliphatic heterocycles. The zero-order chi connectivity index (χ0) is 39.5. The van der Waals surface area contributed by atoms with Gasteiger partial charge in [-0.15, -0.1) is 0 Å². The Bertz CT molecular complexity index is 1730. The summed E-state index contributed by atoms with van der Waals surface area (Å²) in [4.78, 5) is 109. The number of hydrogen-bond donors (Lipinski definition) is 6. The average molecular weight is 761 g/mol. The molecule has 55 heavy (non-hydrogen) atoms. The van der Waals surface area contributed by atoms with E-state index in [4.69, 9.17) is 0 Å². The summed E-state index contributed by atoms with van der Waals surface area (Å²) in [5.41, 5.74) is 1.80. The molecular weight excluding hydrogens is 712 g/mol. The van der Waals surface area contributed by atoms with Crippen LogP contribution in [0.2, 0.25) is 0 Å². The summed E-state index contributed by atoms with van der Waals surface area (Å²) in [5.74, 6) is -7.14. The van der Waals surface area contributed by atoms with Crippen molar-refractivity contribution >= 4 is 47.4 Å². The van der Waals surface area contributed by atoms with Crippen LogP contribution in [0, 0.1) is 5.92 Å². The molecule has 0 bridgehead atoms. The number of rotatable bonds is 7. The number of hydrogen-bond acceptors (Lipinski definition) is 8. The van der Waals surface area contributed by atoms with Gasteiger partial charge in [-0.2, -0.15) is 0 Å². The number of nitrogens with zero attached hydrogens (tertiary/aromatic N) is 2. The van der Waals surface area contributed by atoms with Gasteiger partial charge in [-0.05, 0) is 55.6 Å². The predicted octanol–water partition coefficient (Wildman–Crippen LogP) is 0.384. The highest BCUT2D eigenvalue weighted by Crippen LogP contribution is 2.23. The molecule has 0 aromatic heterocycles. The molecule has 0 unspecified atom stereocenters. The monoisotopic (exact) mass is 760 g/mol. The first-order valence-corrected chi connectivity index (χ1v) is 18.7. The Balaban J connectivity index is 1.41. The van der Waals surface area contributed by atoms with E-state index in [9.17, 15) is 48.6 Å². The number of carbonyl (C=O) groups excluding carboxylic acids is 6. The van der Waals surface area contributed by atoms with Crippen LogP contribution in [-0.4, -0.2) is 117 Å². The predicted molar refractivity (Wildman–Crippen MR) is 196 cm³/mol. The van der Waals surface area contributed by atoms with Crippen molar-refractivity contribution in [1.82, 2.24) is 31.1 Å². The molecule has 3 aliphatic rings. The maximum atomic E-state index is 14.1. The van der Waals surface area contributed by atoms with E-state index in [0.29, 0.717) is 43.8 Å². The van der Waals surface area contributed by atoms with E-state index in [2.05, 4.69) is 21.3 Å². The molecule has 3 fully saturated rings. The van der Waals surface area contributed by atoms with Crippen molar-refractivity contribution in [3.63, 3.8) is 0 Å². The van der Waals surface area contributed by atoms with Crippen molar-refractivity contribution in [2.75, 3.05) is 19.6 Å². The molecule has 2 aromatic carbocycles. The van der Waals surface area contributed by atoms with Crippen LogP contribution in [0.15, 0.2) is 60.7 Å². The lowest BCUT2D eigenvalue weighted by molar-refractivity contribution is -0.145. The lowest BCUT2D eigenvalue weighted by Gasteiger charge is -2.35. The van der Waals surface area contributed by atoms with E-state index in [1.807, 2.05) is 30.3 Å². The topological polar surface area (TPSA) is 232 Å². The molecule has 6 amide bonds. The van der Waals surface area contributed by atoms with Crippen molar-refractivity contribution in [2.24, 2.45) is 5.92 Å². The van der Waals surface area contributed by atoms with Crippen molar-refractivity contribution in [2.45, 2.75) is 94.4 Å². The van der Waals surface area contributed by atoms with Crippen LogP contribution < -0.4 is 21.3 Å². The molecule has 3 saturated heterocycles. The number of fused-ring (bicyclic) bond motifs is 1. The summed E-state index contributed by atoms with van der Waals surface area (Å²) >= 11 is 0. The van der Waals surface area contributed by atoms with E-state index in [0.717, 1.165) is 6.42 Å². The van der Waals surface area contributed by atoms with Crippen LogP contribution in [-0.2, 0) is 51.2 Å². The quantitative estimate of drug-likeness (QED) is 0.227. The summed E-state index contributed by atoms with van der Waals surface area (Å²) < 4.78 is 0. The second-order valence-corrected chi connectivity index (χ2v) is 14.4. The molecule has 2 aromatic rings. The maximum Gasteiger partial charge on any atom is 0.326 e. The SMILES string of the molecule is O=C1C[C@H](C(=O)N2CCC(Cc3ccccc3)CC2)NC(=O)[C@@H](Cc2ccccc2)NC(=O)C[C@H](C(=O)O)NC(=O)[C@@H]2CCCN2C(=O)CC[C@H](C(=O)O)N1. The average Bonchev–Trinajstić information content (AvgIpc) is 3.66.